The topological polar surface area (TPSA) is 123 Å². The molecule has 1 aliphatic rings. The van der Waals surface area contributed by atoms with Crippen LogP contribution in [0.2, 0.25) is 0 Å². The largest absolute Gasteiger partial charge is 0.474 e. The summed E-state index contributed by atoms with van der Waals surface area (Å²) in [6.07, 6.45) is 2.38. The van der Waals surface area contributed by atoms with E-state index in [0.717, 1.165) is 0 Å². The van der Waals surface area contributed by atoms with Crippen LogP contribution in [-0.4, -0.2) is 56.4 Å². The molecule has 3 rings (SSSR count). The van der Waals surface area contributed by atoms with Gasteiger partial charge in [0.1, 0.15) is 35.8 Å². The lowest BCUT2D eigenvalue weighted by Crippen LogP contribution is -2.41. The Bertz CT molecular complexity index is 957. The molecule has 1 aromatic carbocycles. The van der Waals surface area contributed by atoms with Crippen LogP contribution in [0.3, 0.4) is 0 Å². The van der Waals surface area contributed by atoms with Gasteiger partial charge in [-0.1, -0.05) is 0 Å². The van der Waals surface area contributed by atoms with E-state index in [1.54, 1.807) is 0 Å². The molecule has 12 heteroatoms. The predicted octanol–water partition coefficient (Wildman–Crippen LogP) is 1.18. The van der Waals surface area contributed by atoms with Crippen molar-refractivity contribution in [2.24, 2.45) is 10.7 Å². The highest BCUT2D eigenvalue weighted by atomic mass is 32.2. The first-order valence-corrected chi connectivity index (χ1v) is 9.73. The first-order valence-electron chi connectivity index (χ1n) is 8.46. The average molecular weight is 424 g/mol. The second kappa shape index (κ2) is 8.90. The molecule has 1 aromatic heterocycles. The summed E-state index contributed by atoms with van der Waals surface area (Å²) >= 11 is 0. The van der Waals surface area contributed by atoms with Crippen molar-refractivity contribution in [1.82, 2.24) is 14.3 Å². The van der Waals surface area contributed by atoms with Crippen molar-refractivity contribution < 1.29 is 22.5 Å². The monoisotopic (exact) mass is 424 g/mol. The number of rotatable bonds is 6. The number of nitrogens with one attached hydrogen (secondary N) is 1. The summed E-state index contributed by atoms with van der Waals surface area (Å²) in [6.45, 7) is -0.829. The van der Waals surface area contributed by atoms with Crippen molar-refractivity contribution in [2.45, 2.75) is 6.04 Å². The van der Waals surface area contributed by atoms with Gasteiger partial charge in [-0.2, -0.15) is 0 Å². The molecule has 2 heterocycles. The van der Waals surface area contributed by atoms with E-state index >= 15 is 0 Å². The summed E-state index contributed by atoms with van der Waals surface area (Å²) in [4.78, 5) is 24.3. The number of ether oxygens (including phenoxy) is 1. The number of anilines is 1. The van der Waals surface area contributed by atoms with Crippen molar-refractivity contribution in [3.05, 3.63) is 47.7 Å². The lowest BCUT2D eigenvalue weighted by atomic mass is 10.1. The van der Waals surface area contributed by atoms with Crippen molar-refractivity contribution in [3.63, 3.8) is 0 Å². The van der Waals surface area contributed by atoms with Gasteiger partial charge >= 0.3 is 0 Å². The number of carbonyl (C=O) groups excluding carboxylic acids is 1. The van der Waals surface area contributed by atoms with Crippen LogP contribution in [0.1, 0.15) is 22.1 Å². The minimum Gasteiger partial charge on any atom is -0.474 e. The van der Waals surface area contributed by atoms with Crippen LogP contribution in [0.5, 0.6) is 5.88 Å². The third-order valence-corrected chi connectivity index (χ3v) is 5.42. The van der Waals surface area contributed by atoms with Crippen LogP contribution in [0.15, 0.2) is 35.6 Å². The van der Waals surface area contributed by atoms with Crippen molar-refractivity contribution in [2.75, 3.05) is 31.4 Å². The summed E-state index contributed by atoms with van der Waals surface area (Å²) in [5.74, 6) is -0.938. The molecular formula is C17H18F2N6O3S. The number of hydrogen-bond acceptors (Lipinski definition) is 7. The molecule has 3 N–H and O–H groups in total. The summed E-state index contributed by atoms with van der Waals surface area (Å²) in [5, 5.41) is 2.58. The average Bonchev–Trinajstić information content (AvgIpc) is 2.71. The fraction of sp³-hybridized carbons (Fsp3) is 0.294. The molecule has 1 amide bonds. The molecule has 29 heavy (non-hydrogen) atoms. The lowest BCUT2D eigenvalue weighted by Gasteiger charge is -2.26. The summed E-state index contributed by atoms with van der Waals surface area (Å²) in [7, 11) is 0.0989. The summed E-state index contributed by atoms with van der Waals surface area (Å²) in [5.41, 5.74) is 6.18. The maximum atomic E-state index is 14.3. The summed E-state index contributed by atoms with van der Waals surface area (Å²) in [6, 6.07) is 3.22. The van der Waals surface area contributed by atoms with Crippen LogP contribution in [0.4, 0.5) is 14.5 Å². The van der Waals surface area contributed by atoms with E-state index in [4.69, 9.17) is 10.5 Å². The number of carbonyl (C=O) groups is 1. The Kier molecular flexibility index (Phi) is 6.32. The van der Waals surface area contributed by atoms with Gasteiger partial charge in [0.25, 0.3) is 5.91 Å². The van der Waals surface area contributed by atoms with E-state index in [-0.39, 0.29) is 35.5 Å². The maximum Gasteiger partial charge on any atom is 0.275 e. The van der Waals surface area contributed by atoms with Gasteiger partial charge in [0.15, 0.2) is 0 Å². The van der Waals surface area contributed by atoms with Crippen LogP contribution in [0.25, 0.3) is 0 Å². The number of nitrogens with zero attached hydrogens (tertiary/aromatic N) is 4. The molecule has 2 aromatic rings. The molecule has 0 aliphatic carbocycles. The van der Waals surface area contributed by atoms with Gasteiger partial charge in [-0.05, 0) is 18.2 Å². The van der Waals surface area contributed by atoms with Crippen molar-refractivity contribution in [1.29, 1.82) is 0 Å². The molecule has 0 radical (unpaired) electrons. The van der Waals surface area contributed by atoms with Gasteiger partial charge in [-0.25, -0.2) is 28.0 Å². The Morgan fingerprint density at radius 2 is 2.21 bits per heavy atom. The third kappa shape index (κ3) is 4.83. The van der Waals surface area contributed by atoms with E-state index < -0.39 is 35.4 Å². The molecule has 0 fully saturated rings. The van der Waals surface area contributed by atoms with Gasteiger partial charge in [0.05, 0.1) is 24.2 Å². The molecule has 9 nitrogen and oxygen atoms in total. The minimum absolute atomic E-state index is 0.00821. The molecule has 0 bridgehead atoms. The first kappa shape index (κ1) is 20.6. The molecule has 1 unspecified atom stereocenters. The summed E-state index contributed by atoms with van der Waals surface area (Å²) < 4.78 is 44.7. The van der Waals surface area contributed by atoms with Gasteiger partial charge in [0.2, 0.25) is 11.8 Å². The SMILES string of the molecule is CN1C(N)=N[C@H](c2cc(NC(=O)c3cnc(OCCF)cn3)ccc2F)CS1=O. The molecule has 154 valence electrons. The number of benzene rings is 1. The third-order valence-electron chi connectivity index (χ3n) is 4.02. The van der Waals surface area contributed by atoms with E-state index in [1.165, 1.54) is 41.9 Å². The van der Waals surface area contributed by atoms with Crippen LogP contribution in [-0.2, 0) is 11.0 Å². The number of nitrogens with two attached hydrogens (primary N) is 1. The van der Waals surface area contributed by atoms with Crippen LogP contribution in [0, 0.1) is 5.82 Å². The lowest BCUT2D eigenvalue weighted by molar-refractivity contribution is 0.102. The Morgan fingerprint density at radius 1 is 1.41 bits per heavy atom. The van der Waals surface area contributed by atoms with Crippen molar-refractivity contribution >= 4 is 28.5 Å². The Labute approximate surface area is 167 Å². The second-order valence-electron chi connectivity index (χ2n) is 5.96. The fourth-order valence-electron chi connectivity index (χ4n) is 2.51. The first-order chi connectivity index (χ1) is 13.9. The number of hydrogen-bond donors (Lipinski definition) is 2. The number of aromatic nitrogens is 2. The van der Waals surface area contributed by atoms with E-state index in [9.17, 15) is 17.8 Å². The van der Waals surface area contributed by atoms with Crippen LogP contribution < -0.4 is 15.8 Å². The highest BCUT2D eigenvalue weighted by Crippen LogP contribution is 2.28. The van der Waals surface area contributed by atoms with Gasteiger partial charge in [-0.15, -0.1) is 0 Å². The quantitative estimate of drug-likeness (QED) is 0.718. The van der Waals surface area contributed by atoms with Crippen LogP contribution >= 0.6 is 0 Å². The van der Waals surface area contributed by atoms with E-state index in [1.807, 2.05) is 0 Å². The number of halogens is 2. The standard InChI is InChI=1S/C17H18F2N6O3S/c1-25-17(20)24-14(9-29(25)27)11-6-10(2-3-12(11)19)23-16(26)13-7-22-15(8-21-13)28-5-4-18/h2-3,6-8,14H,4-5,9H2,1H3,(H2,20,24)(H,23,26)/t14-,29?/m0/s1. The number of alkyl halides is 1. The zero-order chi connectivity index (χ0) is 21.0. The number of guanidine groups is 1. The van der Waals surface area contributed by atoms with Gasteiger partial charge in [0, 0.05) is 18.3 Å². The van der Waals surface area contributed by atoms with Crippen molar-refractivity contribution in [3.8, 4) is 5.88 Å². The van der Waals surface area contributed by atoms with E-state index in [0.29, 0.717) is 5.69 Å². The molecule has 1 aliphatic heterocycles. The minimum atomic E-state index is -1.44. The Morgan fingerprint density at radius 3 is 2.86 bits per heavy atom. The molecular weight excluding hydrogens is 406 g/mol. The second-order valence-corrected chi connectivity index (χ2v) is 7.48. The highest BCUT2D eigenvalue weighted by Gasteiger charge is 2.27. The molecule has 0 saturated heterocycles. The van der Waals surface area contributed by atoms with Gasteiger partial charge in [-0.3, -0.25) is 9.10 Å². The maximum absolute atomic E-state index is 14.3. The molecule has 2 atom stereocenters. The normalized spacial score (nSPS) is 18.9. The number of amides is 1. The Balaban J connectivity index is 1.76. The Hall–Kier alpha value is -3.15. The molecule has 0 saturated carbocycles. The van der Waals surface area contributed by atoms with Gasteiger partial charge < -0.3 is 15.8 Å². The number of aliphatic imine (C=N–C) groups is 1. The van der Waals surface area contributed by atoms with E-state index in [2.05, 4.69) is 20.3 Å². The zero-order valence-electron chi connectivity index (χ0n) is 15.3. The smallest absolute Gasteiger partial charge is 0.275 e. The molecule has 0 spiro atoms. The fourth-order valence-corrected chi connectivity index (χ4v) is 3.52. The predicted molar refractivity (Wildman–Crippen MR) is 103 cm³/mol. The highest BCUT2D eigenvalue weighted by molar-refractivity contribution is 7.83. The zero-order valence-corrected chi connectivity index (χ0v) is 16.2.